The van der Waals surface area contributed by atoms with Crippen LogP contribution in [-0.4, -0.2) is 54.4 Å². The fraction of sp³-hybridized carbons (Fsp3) is 0.300. The molecule has 8 heteroatoms. The molecule has 0 saturated carbocycles. The molecule has 148 valence electrons. The van der Waals surface area contributed by atoms with Crippen LogP contribution in [0.3, 0.4) is 0 Å². The van der Waals surface area contributed by atoms with Gasteiger partial charge in [-0.1, -0.05) is 41.9 Å². The Morgan fingerprint density at radius 1 is 1.18 bits per heavy atom. The van der Waals surface area contributed by atoms with Crippen molar-refractivity contribution >= 4 is 29.3 Å². The molecule has 1 saturated heterocycles. The smallest absolute Gasteiger partial charge is 0.325 e. The number of aliphatic carboxylic acids is 1. The molecule has 28 heavy (non-hydrogen) atoms. The van der Waals surface area contributed by atoms with Crippen LogP contribution in [0.5, 0.6) is 0 Å². The summed E-state index contributed by atoms with van der Waals surface area (Å²) in [6.07, 6.45) is -0.296. The normalized spacial score (nSPS) is 18.2. The molecule has 1 heterocycles. The van der Waals surface area contributed by atoms with Crippen LogP contribution in [0.25, 0.3) is 0 Å². The molecule has 0 aromatic heterocycles. The zero-order valence-corrected chi connectivity index (χ0v) is 15.9. The highest BCUT2D eigenvalue weighted by Crippen LogP contribution is 2.23. The molecular formula is C20H22ClN3O4. The number of morpholine rings is 1. The first-order chi connectivity index (χ1) is 13.5. The van der Waals surface area contributed by atoms with Crippen molar-refractivity contribution in [3.05, 3.63) is 65.2 Å². The monoisotopic (exact) mass is 403 g/mol. The standard InChI is InChI=1S/C20H22ClN3O4/c21-15-6-8-16(9-7-15)23-20(27)22-12-17-13-24(10-11-28-17)18(19(25)26)14-4-2-1-3-5-14/h1-9,17-18H,10-13H2,(H,25,26)(H2,22,23,27). The number of carboxylic acids is 1. The molecule has 1 aliphatic heterocycles. The first kappa shape index (κ1) is 20.1. The van der Waals surface area contributed by atoms with Gasteiger partial charge in [-0.3, -0.25) is 9.69 Å². The molecule has 3 rings (SSSR count). The summed E-state index contributed by atoms with van der Waals surface area (Å²) in [4.78, 5) is 25.8. The van der Waals surface area contributed by atoms with Crippen LogP contribution in [0.1, 0.15) is 11.6 Å². The Balaban J connectivity index is 1.54. The van der Waals surface area contributed by atoms with Gasteiger partial charge in [0.05, 0.1) is 12.7 Å². The lowest BCUT2D eigenvalue weighted by atomic mass is 10.0. The van der Waals surface area contributed by atoms with Crippen molar-refractivity contribution in [3.8, 4) is 0 Å². The number of benzene rings is 2. The second-order valence-corrected chi connectivity index (χ2v) is 6.92. The maximum absolute atomic E-state index is 12.1. The summed E-state index contributed by atoms with van der Waals surface area (Å²) in [6, 6.07) is 14.8. The quantitative estimate of drug-likeness (QED) is 0.689. The molecule has 0 aliphatic carbocycles. The van der Waals surface area contributed by atoms with Crippen molar-refractivity contribution in [3.63, 3.8) is 0 Å². The Hall–Kier alpha value is -2.61. The molecule has 2 atom stereocenters. The lowest BCUT2D eigenvalue weighted by Crippen LogP contribution is -2.50. The summed E-state index contributed by atoms with van der Waals surface area (Å²) in [5.41, 5.74) is 1.35. The van der Waals surface area contributed by atoms with E-state index in [-0.39, 0.29) is 18.7 Å². The van der Waals surface area contributed by atoms with Gasteiger partial charge >= 0.3 is 12.0 Å². The number of halogens is 1. The Bertz CT molecular complexity index is 801. The Morgan fingerprint density at radius 3 is 2.57 bits per heavy atom. The summed E-state index contributed by atoms with van der Waals surface area (Å²) in [6.45, 7) is 1.60. The van der Waals surface area contributed by atoms with Gasteiger partial charge < -0.3 is 20.5 Å². The van der Waals surface area contributed by atoms with Crippen LogP contribution in [0.4, 0.5) is 10.5 Å². The van der Waals surface area contributed by atoms with E-state index in [1.165, 1.54) is 0 Å². The van der Waals surface area contributed by atoms with E-state index >= 15 is 0 Å². The number of urea groups is 1. The second kappa shape index (κ2) is 9.54. The topological polar surface area (TPSA) is 90.9 Å². The number of nitrogens with one attached hydrogen (secondary N) is 2. The Labute approximate surface area is 168 Å². The number of anilines is 1. The van der Waals surface area contributed by atoms with Gasteiger partial charge in [-0.05, 0) is 29.8 Å². The Morgan fingerprint density at radius 2 is 1.89 bits per heavy atom. The van der Waals surface area contributed by atoms with E-state index in [1.807, 2.05) is 23.1 Å². The van der Waals surface area contributed by atoms with Crippen molar-refractivity contribution in [1.29, 1.82) is 0 Å². The summed E-state index contributed by atoms with van der Waals surface area (Å²) in [5, 5.41) is 15.8. The summed E-state index contributed by atoms with van der Waals surface area (Å²) >= 11 is 5.83. The van der Waals surface area contributed by atoms with Gasteiger partial charge in [0.1, 0.15) is 6.04 Å². The van der Waals surface area contributed by atoms with E-state index in [1.54, 1.807) is 36.4 Å². The van der Waals surface area contributed by atoms with E-state index in [0.29, 0.717) is 30.4 Å². The minimum atomic E-state index is -0.903. The fourth-order valence-electron chi connectivity index (χ4n) is 3.16. The molecule has 1 aliphatic rings. The molecule has 2 unspecified atom stereocenters. The van der Waals surface area contributed by atoms with Crippen LogP contribution in [0.15, 0.2) is 54.6 Å². The maximum Gasteiger partial charge on any atom is 0.325 e. The zero-order chi connectivity index (χ0) is 19.9. The van der Waals surface area contributed by atoms with Crippen molar-refractivity contribution in [2.75, 3.05) is 31.6 Å². The largest absolute Gasteiger partial charge is 0.480 e. The Kier molecular flexibility index (Phi) is 6.86. The first-order valence-electron chi connectivity index (χ1n) is 8.97. The number of nitrogens with zero attached hydrogens (tertiary/aromatic N) is 1. The summed E-state index contributed by atoms with van der Waals surface area (Å²) in [7, 11) is 0. The predicted molar refractivity (Wildman–Crippen MR) is 107 cm³/mol. The number of carbonyl (C=O) groups is 2. The molecule has 2 aromatic rings. The van der Waals surface area contributed by atoms with Crippen LogP contribution >= 0.6 is 11.6 Å². The lowest BCUT2D eigenvalue weighted by molar-refractivity contribution is -0.147. The van der Waals surface area contributed by atoms with Crippen LogP contribution in [0, 0.1) is 0 Å². The van der Waals surface area contributed by atoms with Crippen molar-refractivity contribution in [2.24, 2.45) is 0 Å². The third-order valence-electron chi connectivity index (χ3n) is 4.48. The van der Waals surface area contributed by atoms with Gasteiger partial charge in [-0.25, -0.2) is 4.79 Å². The van der Waals surface area contributed by atoms with Crippen molar-refractivity contribution in [1.82, 2.24) is 10.2 Å². The molecule has 7 nitrogen and oxygen atoms in total. The number of ether oxygens (including phenoxy) is 1. The summed E-state index contributed by atoms with van der Waals surface area (Å²) in [5.74, 6) is -0.903. The molecule has 1 fully saturated rings. The molecule has 0 bridgehead atoms. The highest BCUT2D eigenvalue weighted by Gasteiger charge is 2.32. The number of hydrogen-bond donors (Lipinski definition) is 3. The fourth-order valence-corrected chi connectivity index (χ4v) is 3.29. The number of carboxylic acid groups (broad SMARTS) is 1. The maximum atomic E-state index is 12.1. The van der Waals surface area contributed by atoms with Gasteiger partial charge in [-0.2, -0.15) is 0 Å². The molecule has 2 aromatic carbocycles. The SMILES string of the molecule is O=C(NCC1CN(C(C(=O)O)c2ccccc2)CCO1)Nc1ccc(Cl)cc1. The van der Waals surface area contributed by atoms with Crippen LogP contribution < -0.4 is 10.6 Å². The number of hydrogen-bond acceptors (Lipinski definition) is 4. The highest BCUT2D eigenvalue weighted by atomic mass is 35.5. The lowest BCUT2D eigenvalue weighted by Gasteiger charge is -2.36. The van der Waals surface area contributed by atoms with Gasteiger partial charge in [0, 0.05) is 30.3 Å². The van der Waals surface area contributed by atoms with Crippen LogP contribution in [0.2, 0.25) is 5.02 Å². The van der Waals surface area contributed by atoms with Gasteiger partial charge in [0.2, 0.25) is 0 Å². The number of carbonyl (C=O) groups excluding carboxylic acids is 1. The van der Waals surface area contributed by atoms with E-state index in [0.717, 1.165) is 5.56 Å². The van der Waals surface area contributed by atoms with Gasteiger partial charge in [-0.15, -0.1) is 0 Å². The number of rotatable bonds is 6. The average Bonchev–Trinajstić information content (AvgIpc) is 2.69. The second-order valence-electron chi connectivity index (χ2n) is 6.48. The molecule has 2 amide bonds. The van der Waals surface area contributed by atoms with Crippen molar-refractivity contribution in [2.45, 2.75) is 12.1 Å². The minimum Gasteiger partial charge on any atom is -0.480 e. The van der Waals surface area contributed by atoms with E-state index in [2.05, 4.69) is 10.6 Å². The molecule has 0 radical (unpaired) electrons. The third kappa shape index (κ3) is 5.45. The van der Waals surface area contributed by atoms with Gasteiger partial charge in [0.15, 0.2) is 0 Å². The highest BCUT2D eigenvalue weighted by molar-refractivity contribution is 6.30. The van der Waals surface area contributed by atoms with E-state index in [4.69, 9.17) is 16.3 Å². The predicted octanol–water partition coefficient (Wildman–Crippen LogP) is 2.99. The number of amides is 2. The molecule has 0 spiro atoms. The van der Waals surface area contributed by atoms with E-state index < -0.39 is 12.0 Å². The zero-order valence-electron chi connectivity index (χ0n) is 15.2. The minimum absolute atomic E-state index is 0.275. The average molecular weight is 404 g/mol. The first-order valence-corrected chi connectivity index (χ1v) is 9.34. The molecule has 3 N–H and O–H groups in total. The third-order valence-corrected chi connectivity index (χ3v) is 4.73. The summed E-state index contributed by atoms with van der Waals surface area (Å²) < 4.78 is 5.70. The van der Waals surface area contributed by atoms with Crippen LogP contribution in [-0.2, 0) is 9.53 Å². The van der Waals surface area contributed by atoms with Crippen molar-refractivity contribution < 1.29 is 19.4 Å². The van der Waals surface area contributed by atoms with Gasteiger partial charge in [0.25, 0.3) is 0 Å². The van der Waals surface area contributed by atoms with E-state index in [9.17, 15) is 14.7 Å². The molecular weight excluding hydrogens is 382 g/mol.